The molecule has 25 heavy (non-hydrogen) atoms. The lowest BCUT2D eigenvalue weighted by Gasteiger charge is -2.22. The van der Waals surface area contributed by atoms with E-state index in [1.54, 1.807) is 24.3 Å². The maximum Gasteiger partial charge on any atom is 0.245 e. The van der Waals surface area contributed by atoms with Crippen LogP contribution in [0.5, 0.6) is 5.75 Å². The van der Waals surface area contributed by atoms with Gasteiger partial charge in [0.15, 0.2) is 0 Å². The maximum atomic E-state index is 14.1. The highest BCUT2D eigenvalue weighted by Crippen LogP contribution is 2.25. The number of halogens is 2. The Balaban J connectivity index is 2.24. The molecule has 0 unspecified atom stereocenters. The smallest absolute Gasteiger partial charge is 0.245 e. The second kappa shape index (κ2) is 7.71. The van der Waals surface area contributed by atoms with Crippen LogP contribution < -0.4 is 14.4 Å². The summed E-state index contributed by atoms with van der Waals surface area (Å²) >= 11 is 5.68. The van der Waals surface area contributed by atoms with Gasteiger partial charge in [-0.25, -0.2) is 12.8 Å². The van der Waals surface area contributed by atoms with Crippen molar-refractivity contribution in [2.45, 2.75) is 0 Å². The highest BCUT2D eigenvalue weighted by atomic mass is 35.5. The van der Waals surface area contributed by atoms with Gasteiger partial charge in [0.2, 0.25) is 15.9 Å². The quantitative estimate of drug-likeness (QED) is 0.828. The minimum absolute atomic E-state index is 0.121. The summed E-state index contributed by atoms with van der Waals surface area (Å²) in [5.74, 6) is -0.943. The molecule has 0 aromatic heterocycles. The Kier molecular flexibility index (Phi) is 5.86. The monoisotopic (exact) mass is 386 g/mol. The van der Waals surface area contributed by atoms with Crippen molar-refractivity contribution in [3.05, 3.63) is 53.3 Å². The van der Waals surface area contributed by atoms with E-state index in [9.17, 15) is 17.6 Å². The van der Waals surface area contributed by atoms with Crippen molar-refractivity contribution in [2.75, 3.05) is 29.5 Å². The molecule has 0 fully saturated rings. The zero-order chi connectivity index (χ0) is 18.6. The van der Waals surface area contributed by atoms with E-state index in [4.69, 9.17) is 16.3 Å². The van der Waals surface area contributed by atoms with Crippen molar-refractivity contribution in [3.8, 4) is 5.75 Å². The maximum absolute atomic E-state index is 14.1. The third-order valence-corrected chi connectivity index (χ3v) is 4.58. The molecule has 0 saturated carbocycles. The molecule has 1 N–H and O–H groups in total. The van der Waals surface area contributed by atoms with Crippen LogP contribution in [0.25, 0.3) is 0 Å². The fourth-order valence-electron chi connectivity index (χ4n) is 2.10. The van der Waals surface area contributed by atoms with Gasteiger partial charge in [0.25, 0.3) is 0 Å². The van der Waals surface area contributed by atoms with E-state index in [-0.39, 0.29) is 10.7 Å². The molecular weight excluding hydrogens is 371 g/mol. The zero-order valence-corrected chi connectivity index (χ0v) is 15.1. The van der Waals surface area contributed by atoms with Gasteiger partial charge in [0.1, 0.15) is 18.1 Å². The van der Waals surface area contributed by atoms with Crippen LogP contribution in [-0.2, 0) is 14.8 Å². The first-order valence-electron chi connectivity index (χ1n) is 7.07. The molecule has 2 aromatic carbocycles. The number of hydrogen-bond donors (Lipinski definition) is 1. The van der Waals surface area contributed by atoms with Gasteiger partial charge in [-0.3, -0.25) is 9.10 Å². The Bertz CT molecular complexity index is 889. The van der Waals surface area contributed by atoms with Crippen LogP contribution in [0.4, 0.5) is 15.8 Å². The van der Waals surface area contributed by atoms with Crippen molar-refractivity contribution < 1.29 is 22.3 Å². The molecule has 0 aliphatic carbocycles. The summed E-state index contributed by atoms with van der Waals surface area (Å²) in [6, 6.07) is 10.1. The molecule has 0 radical (unpaired) electrons. The van der Waals surface area contributed by atoms with Gasteiger partial charge in [-0.2, -0.15) is 0 Å². The minimum atomic E-state index is -3.89. The number of methoxy groups -OCH3 is 1. The molecule has 9 heteroatoms. The number of nitrogens with one attached hydrogen (secondary N) is 1. The number of anilines is 2. The summed E-state index contributed by atoms with van der Waals surface area (Å²) < 4.78 is 43.8. The molecule has 0 spiro atoms. The molecule has 2 aromatic rings. The van der Waals surface area contributed by atoms with Crippen LogP contribution >= 0.6 is 11.6 Å². The Morgan fingerprint density at radius 1 is 1.28 bits per heavy atom. The van der Waals surface area contributed by atoms with E-state index in [0.717, 1.165) is 12.3 Å². The van der Waals surface area contributed by atoms with Crippen LogP contribution in [0.3, 0.4) is 0 Å². The highest BCUT2D eigenvalue weighted by Gasteiger charge is 2.24. The van der Waals surface area contributed by atoms with Gasteiger partial charge < -0.3 is 10.1 Å². The first-order chi connectivity index (χ1) is 11.7. The number of benzene rings is 2. The fourth-order valence-corrected chi connectivity index (χ4v) is 3.11. The lowest BCUT2D eigenvalue weighted by molar-refractivity contribution is -0.114. The van der Waals surface area contributed by atoms with Gasteiger partial charge in [0, 0.05) is 16.8 Å². The highest BCUT2D eigenvalue weighted by molar-refractivity contribution is 7.92. The summed E-state index contributed by atoms with van der Waals surface area (Å²) in [6.07, 6.45) is 0.889. The Hall–Kier alpha value is -2.32. The lowest BCUT2D eigenvalue weighted by atomic mass is 10.3. The topological polar surface area (TPSA) is 75.7 Å². The normalized spacial score (nSPS) is 11.0. The van der Waals surface area contributed by atoms with Gasteiger partial charge in [0.05, 0.1) is 19.1 Å². The Morgan fingerprint density at radius 3 is 2.60 bits per heavy atom. The molecule has 2 rings (SSSR count). The molecule has 0 saturated heterocycles. The van der Waals surface area contributed by atoms with Crippen LogP contribution in [0, 0.1) is 5.82 Å². The van der Waals surface area contributed by atoms with E-state index in [1.807, 2.05) is 0 Å². The average Bonchev–Trinajstić information content (AvgIpc) is 2.52. The number of rotatable bonds is 6. The molecule has 0 aliphatic heterocycles. The second-order valence-electron chi connectivity index (χ2n) is 5.15. The van der Waals surface area contributed by atoms with Crippen molar-refractivity contribution >= 4 is 38.9 Å². The van der Waals surface area contributed by atoms with Crippen LogP contribution in [-0.4, -0.2) is 34.2 Å². The number of sulfonamides is 1. The summed E-state index contributed by atoms with van der Waals surface area (Å²) in [4.78, 5) is 12.2. The first-order valence-corrected chi connectivity index (χ1v) is 9.30. The van der Waals surface area contributed by atoms with Crippen LogP contribution in [0.2, 0.25) is 5.02 Å². The Labute approximate surface area is 150 Å². The molecule has 0 heterocycles. The van der Waals surface area contributed by atoms with Gasteiger partial charge in [-0.1, -0.05) is 17.7 Å². The van der Waals surface area contributed by atoms with Crippen molar-refractivity contribution in [1.82, 2.24) is 0 Å². The number of amides is 1. The van der Waals surface area contributed by atoms with E-state index in [0.29, 0.717) is 15.7 Å². The summed E-state index contributed by atoms with van der Waals surface area (Å²) in [7, 11) is -2.41. The molecular formula is C16H16ClFN2O4S. The molecule has 6 nitrogen and oxygen atoms in total. The summed E-state index contributed by atoms with van der Waals surface area (Å²) in [5.41, 5.74) is 0.169. The van der Waals surface area contributed by atoms with E-state index in [1.165, 1.54) is 19.2 Å². The molecule has 0 aliphatic rings. The minimum Gasteiger partial charge on any atom is -0.497 e. The standard InChI is InChI=1S/C16H16ClFN2O4S/c1-24-13-5-3-4-12(9-13)19-16(21)10-20(25(2,22)23)15-7-6-11(17)8-14(15)18/h3-9H,10H2,1-2H3,(H,19,21). The predicted molar refractivity (Wildman–Crippen MR) is 95.2 cm³/mol. The molecule has 1 amide bonds. The van der Waals surface area contributed by atoms with E-state index < -0.39 is 28.3 Å². The predicted octanol–water partition coefficient (Wildman–Crippen LogP) is 2.89. The molecule has 0 bridgehead atoms. The number of nitrogens with zero attached hydrogens (tertiary/aromatic N) is 1. The van der Waals surface area contributed by atoms with Crippen molar-refractivity contribution in [1.29, 1.82) is 0 Å². The van der Waals surface area contributed by atoms with E-state index >= 15 is 0 Å². The van der Waals surface area contributed by atoms with Crippen molar-refractivity contribution in [2.24, 2.45) is 0 Å². The average molecular weight is 387 g/mol. The summed E-state index contributed by atoms with van der Waals surface area (Å²) in [6.45, 7) is -0.589. The molecule has 0 atom stereocenters. The number of ether oxygens (including phenoxy) is 1. The number of carbonyl (C=O) groups is 1. The van der Waals surface area contributed by atoms with E-state index in [2.05, 4.69) is 5.32 Å². The van der Waals surface area contributed by atoms with Gasteiger partial charge in [-0.05, 0) is 30.3 Å². The third-order valence-electron chi connectivity index (χ3n) is 3.22. The van der Waals surface area contributed by atoms with Crippen LogP contribution in [0.1, 0.15) is 0 Å². The SMILES string of the molecule is COc1cccc(NC(=O)CN(c2ccc(Cl)cc2F)S(C)(=O)=O)c1. The molecule has 134 valence electrons. The number of carbonyl (C=O) groups excluding carboxylic acids is 1. The Morgan fingerprint density at radius 2 is 2.00 bits per heavy atom. The third kappa shape index (κ3) is 5.07. The van der Waals surface area contributed by atoms with Crippen LogP contribution in [0.15, 0.2) is 42.5 Å². The van der Waals surface area contributed by atoms with Gasteiger partial charge >= 0.3 is 0 Å². The lowest BCUT2D eigenvalue weighted by Crippen LogP contribution is -2.38. The zero-order valence-electron chi connectivity index (χ0n) is 13.5. The first kappa shape index (κ1) is 19.0. The van der Waals surface area contributed by atoms with Crippen molar-refractivity contribution in [3.63, 3.8) is 0 Å². The number of hydrogen-bond acceptors (Lipinski definition) is 4. The van der Waals surface area contributed by atoms with Gasteiger partial charge in [-0.15, -0.1) is 0 Å². The largest absolute Gasteiger partial charge is 0.497 e. The second-order valence-corrected chi connectivity index (χ2v) is 7.49. The summed E-state index contributed by atoms with van der Waals surface area (Å²) in [5, 5.41) is 2.67. The fraction of sp³-hybridized carbons (Fsp3) is 0.188.